The van der Waals surface area contributed by atoms with Gasteiger partial charge in [-0.15, -0.1) is 11.3 Å². The molecule has 0 fully saturated rings. The second kappa shape index (κ2) is 5.73. The fourth-order valence-corrected chi connectivity index (χ4v) is 3.62. The predicted octanol–water partition coefficient (Wildman–Crippen LogP) is 3.59. The van der Waals surface area contributed by atoms with Crippen LogP contribution in [-0.2, 0) is 13.0 Å². The number of benzene rings is 1. The number of halogens is 1. The molecule has 2 aromatic rings. The van der Waals surface area contributed by atoms with Crippen LogP contribution in [0.15, 0.2) is 35.7 Å². The molecule has 1 aliphatic heterocycles. The molecule has 0 saturated carbocycles. The van der Waals surface area contributed by atoms with Gasteiger partial charge in [0.1, 0.15) is 0 Å². The monoisotopic (exact) mass is 383 g/mol. The summed E-state index contributed by atoms with van der Waals surface area (Å²) in [6.45, 7) is 2.43. The van der Waals surface area contributed by atoms with E-state index in [4.69, 9.17) is 0 Å². The number of fused-ring (bicyclic) bond motifs is 1. The van der Waals surface area contributed by atoms with Crippen LogP contribution >= 0.6 is 33.9 Å². The highest BCUT2D eigenvalue weighted by Crippen LogP contribution is 2.24. The number of carbonyl (C=O) groups excluding carboxylic acids is 1. The van der Waals surface area contributed by atoms with E-state index < -0.39 is 0 Å². The smallest absolute Gasteiger partial charge is 0.176 e. The summed E-state index contributed by atoms with van der Waals surface area (Å²) in [5, 5.41) is 2.15. The minimum absolute atomic E-state index is 0.218. The Kier molecular flexibility index (Phi) is 4.00. The minimum Gasteiger partial charge on any atom is -0.293 e. The molecule has 4 heteroatoms. The van der Waals surface area contributed by atoms with E-state index in [0.29, 0.717) is 6.54 Å². The van der Waals surface area contributed by atoms with Crippen LogP contribution in [0, 0.1) is 3.57 Å². The fraction of sp³-hybridized carbons (Fsp3) is 0.267. The zero-order valence-corrected chi connectivity index (χ0v) is 13.4. The summed E-state index contributed by atoms with van der Waals surface area (Å²) in [5.41, 5.74) is 2.21. The Morgan fingerprint density at radius 1 is 1.26 bits per heavy atom. The normalized spacial score (nSPS) is 15.2. The van der Waals surface area contributed by atoms with Gasteiger partial charge in [0.2, 0.25) is 0 Å². The van der Waals surface area contributed by atoms with Gasteiger partial charge in [0, 0.05) is 27.1 Å². The zero-order chi connectivity index (χ0) is 13.2. The largest absolute Gasteiger partial charge is 0.293 e. The quantitative estimate of drug-likeness (QED) is 0.597. The third kappa shape index (κ3) is 3.07. The molecule has 2 heterocycles. The molecule has 0 bridgehead atoms. The van der Waals surface area contributed by atoms with E-state index >= 15 is 0 Å². The lowest BCUT2D eigenvalue weighted by molar-refractivity contribution is 0.0922. The summed E-state index contributed by atoms with van der Waals surface area (Å²) in [4.78, 5) is 16.0. The molecular formula is C15H14INOS. The molecule has 0 atom stereocenters. The number of hydrogen-bond donors (Lipinski definition) is 0. The molecule has 2 nitrogen and oxygen atoms in total. The van der Waals surface area contributed by atoms with Crippen molar-refractivity contribution in [3.63, 3.8) is 0 Å². The first-order valence-electron chi connectivity index (χ1n) is 6.29. The molecule has 1 aromatic heterocycles. The van der Waals surface area contributed by atoms with Crippen molar-refractivity contribution in [2.24, 2.45) is 0 Å². The number of ketones is 1. The topological polar surface area (TPSA) is 20.3 Å². The number of thiophene rings is 1. The maximum atomic E-state index is 12.2. The SMILES string of the molecule is O=C(CN1CCc2sccc2C1)c1ccc(I)cc1. The molecule has 0 saturated heterocycles. The summed E-state index contributed by atoms with van der Waals surface area (Å²) < 4.78 is 1.16. The van der Waals surface area contributed by atoms with Gasteiger partial charge in [0.25, 0.3) is 0 Å². The first-order chi connectivity index (χ1) is 9.22. The van der Waals surface area contributed by atoms with Crippen LogP contribution in [0.2, 0.25) is 0 Å². The number of rotatable bonds is 3. The van der Waals surface area contributed by atoms with Gasteiger partial charge in [-0.2, -0.15) is 0 Å². The van der Waals surface area contributed by atoms with Crippen LogP contribution in [0.1, 0.15) is 20.8 Å². The summed E-state index contributed by atoms with van der Waals surface area (Å²) in [6.07, 6.45) is 1.08. The van der Waals surface area contributed by atoms with Crippen LogP contribution in [0.5, 0.6) is 0 Å². The van der Waals surface area contributed by atoms with Gasteiger partial charge in [0.15, 0.2) is 5.78 Å². The molecular weight excluding hydrogens is 369 g/mol. The zero-order valence-electron chi connectivity index (χ0n) is 10.4. The molecule has 0 amide bonds. The Hall–Kier alpha value is -0.720. The van der Waals surface area contributed by atoms with E-state index in [9.17, 15) is 4.79 Å². The summed E-state index contributed by atoms with van der Waals surface area (Å²) in [5.74, 6) is 0.218. The van der Waals surface area contributed by atoms with E-state index in [2.05, 4.69) is 38.9 Å². The molecule has 19 heavy (non-hydrogen) atoms. The highest BCUT2D eigenvalue weighted by atomic mass is 127. The average molecular weight is 383 g/mol. The molecule has 0 radical (unpaired) electrons. The Bertz CT molecular complexity index is 590. The van der Waals surface area contributed by atoms with E-state index in [-0.39, 0.29) is 5.78 Å². The number of nitrogens with zero attached hydrogens (tertiary/aromatic N) is 1. The molecule has 0 spiro atoms. The van der Waals surface area contributed by atoms with Gasteiger partial charge in [-0.25, -0.2) is 0 Å². The van der Waals surface area contributed by atoms with Crippen molar-refractivity contribution in [3.05, 3.63) is 55.3 Å². The molecule has 0 unspecified atom stereocenters. The molecule has 0 N–H and O–H groups in total. The van der Waals surface area contributed by atoms with Crippen LogP contribution in [0.3, 0.4) is 0 Å². The predicted molar refractivity (Wildman–Crippen MR) is 86.8 cm³/mol. The summed E-state index contributed by atoms with van der Waals surface area (Å²) >= 11 is 4.09. The van der Waals surface area contributed by atoms with E-state index in [1.54, 1.807) is 0 Å². The van der Waals surface area contributed by atoms with Crippen molar-refractivity contribution in [1.29, 1.82) is 0 Å². The highest BCUT2D eigenvalue weighted by Gasteiger charge is 2.19. The number of Topliss-reactive ketones (excluding diaryl/α,β-unsaturated/α-hetero) is 1. The van der Waals surface area contributed by atoms with Crippen molar-refractivity contribution < 1.29 is 4.79 Å². The first kappa shape index (κ1) is 13.3. The fourth-order valence-electron chi connectivity index (χ4n) is 2.37. The lowest BCUT2D eigenvalue weighted by atomic mass is 10.1. The van der Waals surface area contributed by atoms with Gasteiger partial charge in [-0.1, -0.05) is 12.1 Å². The van der Waals surface area contributed by atoms with Gasteiger partial charge in [-0.3, -0.25) is 9.69 Å². The Labute approximate surface area is 130 Å². The second-order valence-electron chi connectivity index (χ2n) is 4.76. The Morgan fingerprint density at radius 3 is 2.84 bits per heavy atom. The standard InChI is InChI=1S/C15H14INOS/c16-13-3-1-11(2-4-13)14(18)10-17-7-5-15-12(9-17)6-8-19-15/h1-4,6,8H,5,7,9-10H2. The highest BCUT2D eigenvalue weighted by molar-refractivity contribution is 14.1. The van der Waals surface area contributed by atoms with Crippen molar-refractivity contribution in [1.82, 2.24) is 4.90 Å². The van der Waals surface area contributed by atoms with Crippen LogP contribution < -0.4 is 0 Å². The Morgan fingerprint density at radius 2 is 2.05 bits per heavy atom. The first-order valence-corrected chi connectivity index (χ1v) is 8.24. The molecule has 1 aliphatic rings. The van der Waals surface area contributed by atoms with Gasteiger partial charge < -0.3 is 0 Å². The van der Waals surface area contributed by atoms with E-state index in [1.807, 2.05) is 35.6 Å². The van der Waals surface area contributed by atoms with Crippen LogP contribution in [0.25, 0.3) is 0 Å². The van der Waals surface area contributed by atoms with E-state index in [0.717, 1.165) is 28.6 Å². The van der Waals surface area contributed by atoms with Gasteiger partial charge >= 0.3 is 0 Å². The number of hydrogen-bond acceptors (Lipinski definition) is 3. The Balaban J connectivity index is 1.66. The maximum absolute atomic E-state index is 12.2. The third-order valence-corrected chi connectivity index (χ3v) is 5.16. The second-order valence-corrected chi connectivity index (χ2v) is 7.01. The van der Waals surface area contributed by atoms with Crippen molar-refractivity contribution in [2.75, 3.05) is 13.1 Å². The molecule has 0 aliphatic carbocycles. The molecule has 1 aromatic carbocycles. The number of carbonyl (C=O) groups is 1. The minimum atomic E-state index is 0.218. The lowest BCUT2D eigenvalue weighted by Crippen LogP contribution is -2.34. The van der Waals surface area contributed by atoms with Crippen molar-refractivity contribution in [2.45, 2.75) is 13.0 Å². The molecule has 98 valence electrons. The van der Waals surface area contributed by atoms with Crippen molar-refractivity contribution in [3.8, 4) is 0 Å². The van der Waals surface area contributed by atoms with Crippen LogP contribution in [-0.4, -0.2) is 23.8 Å². The maximum Gasteiger partial charge on any atom is 0.176 e. The van der Waals surface area contributed by atoms with Crippen molar-refractivity contribution >= 4 is 39.7 Å². The van der Waals surface area contributed by atoms with Crippen LogP contribution in [0.4, 0.5) is 0 Å². The summed E-state index contributed by atoms with van der Waals surface area (Å²) in [7, 11) is 0. The molecule has 3 rings (SSSR count). The van der Waals surface area contributed by atoms with E-state index in [1.165, 1.54) is 10.4 Å². The lowest BCUT2D eigenvalue weighted by Gasteiger charge is -2.26. The average Bonchev–Trinajstić information content (AvgIpc) is 2.87. The summed E-state index contributed by atoms with van der Waals surface area (Å²) in [6, 6.07) is 10.00. The van der Waals surface area contributed by atoms with Gasteiger partial charge in [-0.05, 0) is 58.2 Å². The van der Waals surface area contributed by atoms with Gasteiger partial charge in [0.05, 0.1) is 6.54 Å². The third-order valence-electron chi connectivity index (χ3n) is 3.42.